The Kier molecular flexibility index (Phi) is 9.48. The number of ether oxygens (including phenoxy) is 4. The summed E-state index contributed by atoms with van der Waals surface area (Å²) in [6.45, 7) is 3.15. The van der Waals surface area contributed by atoms with Gasteiger partial charge in [0.25, 0.3) is 0 Å². The summed E-state index contributed by atoms with van der Waals surface area (Å²) in [4.78, 5) is 33.8. The van der Waals surface area contributed by atoms with Crippen LogP contribution in [-0.4, -0.2) is 67.4 Å². The van der Waals surface area contributed by atoms with E-state index in [1.165, 1.54) is 0 Å². The molecule has 1 aliphatic heterocycles. The Balaban J connectivity index is 1.78. The number of amidine groups is 1. The Morgan fingerprint density at radius 2 is 1.87 bits per heavy atom. The molecule has 1 aromatic rings. The molecule has 0 saturated heterocycles. The number of benzene rings is 1. The highest BCUT2D eigenvalue weighted by Gasteiger charge is 2.17. The van der Waals surface area contributed by atoms with E-state index in [1.807, 2.05) is 0 Å². The SMILES string of the molecule is CCOC(=O)C1=Cc2ccc(OCCOCCOCCP(=O)(O)O)cc2N=C(N)C1. The van der Waals surface area contributed by atoms with Crippen molar-refractivity contribution < 1.29 is 38.1 Å². The minimum Gasteiger partial charge on any atom is -0.491 e. The summed E-state index contributed by atoms with van der Waals surface area (Å²) in [7, 11) is -4.02. The third-order valence-electron chi connectivity index (χ3n) is 3.90. The molecule has 1 aromatic carbocycles. The molecule has 0 unspecified atom stereocenters. The molecule has 0 bridgehead atoms. The van der Waals surface area contributed by atoms with Crippen molar-refractivity contribution in [3.8, 4) is 5.75 Å². The van der Waals surface area contributed by atoms with Crippen LogP contribution >= 0.6 is 7.60 Å². The van der Waals surface area contributed by atoms with Gasteiger partial charge in [-0.3, -0.25) is 4.57 Å². The smallest absolute Gasteiger partial charge is 0.334 e. The number of carbonyl (C=O) groups excluding carboxylic acids is 1. The minimum absolute atomic E-state index is 0.0186. The molecule has 0 atom stereocenters. The van der Waals surface area contributed by atoms with Crippen molar-refractivity contribution >= 4 is 31.2 Å². The highest BCUT2D eigenvalue weighted by Crippen LogP contribution is 2.33. The highest BCUT2D eigenvalue weighted by molar-refractivity contribution is 7.51. The maximum atomic E-state index is 12.0. The number of fused-ring (bicyclic) bond motifs is 1. The van der Waals surface area contributed by atoms with Crippen molar-refractivity contribution in [2.45, 2.75) is 13.3 Å². The number of rotatable bonds is 12. The lowest BCUT2D eigenvalue weighted by molar-refractivity contribution is -0.138. The van der Waals surface area contributed by atoms with Crippen molar-refractivity contribution in [3.05, 3.63) is 29.3 Å². The fourth-order valence-corrected chi connectivity index (χ4v) is 2.91. The van der Waals surface area contributed by atoms with Gasteiger partial charge in [0.15, 0.2) is 0 Å². The number of nitrogens with two attached hydrogens (primary N) is 1. The van der Waals surface area contributed by atoms with Crippen LogP contribution in [0.2, 0.25) is 0 Å². The van der Waals surface area contributed by atoms with Crippen LogP contribution < -0.4 is 10.5 Å². The first-order valence-electron chi connectivity index (χ1n) is 9.46. The maximum absolute atomic E-state index is 12.0. The Hall–Kier alpha value is -2.23. The van der Waals surface area contributed by atoms with Gasteiger partial charge in [-0.1, -0.05) is 0 Å². The van der Waals surface area contributed by atoms with Gasteiger partial charge in [-0.15, -0.1) is 0 Å². The van der Waals surface area contributed by atoms with Crippen LogP contribution in [-0.2, 0) is 23.6 Å². The molecule has 30 heavy (non-hydrogen) atoms. The second-order valence-corrected chi connectivity index (χ2v) is 8.13. The second kappa shape index (κ2) is 11.8. The summed E-state index contributed by atoms with van der Waals surface area (Å²) in [5.74, 6) is 0.485. The van der Waals surface area contributed by atoms with Crippen LogP contribution in [0.15, 0.2) is 28.8 Å². The van der Waals surface area contributed by atoms with Crippen molar-refractivity contribution in [3.63, 3.8) is 0 Å². The van der Waals surface area contributed by atoms with Crippen LogP contribution in [0, 0.1) is 0 Å². The molecule has 0 aliphatic carbocycles. The zero-order valence-electron chi connectivity index (χ0n) is 16.8. The van der Waals surface area contributed by atoms with Crippen LogP contribution in [0.4, 0.5) is 5.69 Å². The summed E-state index contributed by atoms with van der Waals surface area (Å²) >= 11 is 0. The maximum Gasteiger partial charge on any atom is 0.334 e. The van der Waals surface area contributed by atoms with Gasteiger partial charge in [-0.2, -0.15) is 0 Å². The summed E-state index contributed by atoms with van der Waals surface area (Å²) in [6, 6.07) is 5.29. The number of nitrogens with zero attached hydrogens (tertiary/aromatic N) is 1. The molecule has 0 amide bonds. The molecule has 4 N–H and O–H groups in total. The molecule has 2 rings (SSSR count). The lowest BCUT2D eigenvalue weighted by Gasteiger charge is -2.09. The zero-order chi connectivity index (χ0) is 22.0. The fraction of sp³-hybridized carbons (Fsp3) is 0.474. The van der Waals surface area contributed by atoms with Crippen LogP contribution in [0.1, 0.15) is 18.9 Å². The van der Waals surface area contributed by atoms with E-state index in [9.17, 15) is 9.36 Å². The quantitative estimate of drug-likeness (QED) is 0.249. The molecule has 166 valence electrons. The lowest BCUT2D eigenvalue weighted by atomic mass is 10.1. The van der Waals surface area contributed by atoms with E-state index in [1.54, 1.807) is 31.2 Å². The third kappa shape index (κ3) is 8.64. The summed E-state index contributed by atoms with van der Waals surface area (Å²) < 4.78 is 31.8. The molecule has 1 heterocycles. The van der Waals surface area contributed by atoms with E-state index >= 15 is 0 Å². The molecule has 0 fully saturated rings. The molecule has 0 saturated carbocycles. The molecular formula is C19H27N2O8P. The van der Waals surface area contributed by atoms with Gasteiger partial charge in [0, 0.05) is 23.6 Å². The highest BCUT2D eigenvalue weighted by atomic mass is 31.2. The zero-order valence-corrected chi connectivity index (χ0v) is 17.7. The van der Waals surface area contributed by atoms with E-state index in [-0.39, 0.29) is 39.0 Å². The predicted octanol–water partition coefficient (Wildman–Crippen LogP) is 1.62. The Morgan fingerprint density at radius 3 is 2.57 bits per heavy atom. The summed E-state index contributed by atoms with van der Waals surface area (Å²) in [5, 5.41) is 0. The van der Waals surface area contributed by atoms with Gasteiger partial charge in [0.2, 0.25) is 0 Å². The van der Waals surface area contributed by atoms with E-state index in [0.717, 1.165) is 5.56 Å². The number of carbonyl (C=O) groups is 1. The van der Waals surface area contributed by atoms with Gasteiger partial charge in [0.05, 0.1) is 44.9 Å². The van der Waals surface area contributed by atoms with Crippen LogP contribution in [0.5, 0.6) is 5.75 Å². The van der Waals surface area contributed by atoms with E-state index in [4.69, 9.17) is 34.5 Å². The average Bonchev–Trinajstić information content (AvgIpc) is 2.83. The Bertz CT molecular complexity index is 834. The second-order valence-electron chi connectivity index (χ2n) is 6.35. The monoisotopic (exact) mass is 442 g/mol. The molecular weight excluding hydrogens is 415 g/mol. The van der Waals surface area contributed by atoms with E-state index in [2.05, 4.69) is 4.99 Å². The van der Waals surface area contributed by atoms with Gasteiger partial charge in [-0.05, 0) is 25.1 Å². The van der Waals surface area contributed by atoms with Crippen molar-refractivity contribution in [1.82, 2.24) is 0 Å². The van der Waals surface area contributed by atoms with Gasteiger partial charge < -0.3 is 34.5 Å². The Morgan fingerprint density at radius 1 is 1.17 bits per heavy atom. The van der Waals surface area contributed by atoms with Crippen molar-refractivity contribution in [1.29, 1.82) is 0 Å². The molecule has 0 radical (unpaired) electrons. The first kappa shape index (κ1) is 24.0. The third-order valence-corrected chi connectivity index (χ3v) is 4.67. The standard InChI is InChI=1S/C19H27N2O8P/c1-2-28-19(22)15-11-14-3-4-16(13-17(14)21-18(20)12-15)29-8-7-26-5-6-27-9-10-30(23,24)25/h3-4,11,13H,2,5-10,12H2,1H3,(H2,20,21)(H2,23,24,25). The Labute approximate surface area is 174 Å². The number of hydrogen-bond acceptors (Lipinski definition) is 8. The minimum atomic E-state index is -4.02. The molecule has 0 aromatic heterocycles. The van der Waals surface area contributed by atoms with Gasteiger partial charge in [-0.25, -0.2) is 9.79 Å². The fourth-order valence-electron chi connectivity index (χ4n) is 2.54. The topological polar surface area (TPSA) is 150 Å². The average molecular weight is 442 g/mol. The summed E-state index contributed by atoms with van der Waals surface area (Å²) in [5.41, 5.74) is 7.71. The molecule has 0 spiro atoms. The molecule has 10 nitrogen and oxygen atoms in total. The van der Waals surface area contributed by atoms with E-state index in [0.29, 0.717) is 36.1 Å². The van der Waals surface area contributed by atoms with Crippen LogP contribution in [0.25, 0.3) is 6.08 Å². The number of aliphatic imine (C=N–C) groups is 1. The lowest BCUT2D eigenvalue weighted by Crippen LogP contribution is -2.16. The first-order valence-corrected chi connectivity index (χ1v) is 11.3. The predicted molar refractivity (Wildman–Crippen MR) is 111 cm³/mol. The normalized spacial score (nSPS) is 13.7. The van der Waals surface area contributed by atoms with Crippen molar-refractivity contribution in [2.24, 2.45) is 10.7 Å². The van der Waals surface area contributed by atoms with E-state index < -0.39 is 13.6 Å². The van der Waals surface area contributed by atoms with Gasteiger partial charge in [0.1, 0.15) is 18.2 Å². The van der Waals surface area contributed by atoms with Crippen LogP contribution in [0.3, 0.4) is 0 Å². The van der Waals surface area contributed by atoms with Crippen molar-refractivity contribution in [2.75, 3.05) is 45.8 Å². The van der Waals surface area contributed by atoms with Gasteiger partial charge >= 0.3 is 13.6 Å². The number of esters is 1. The number of hydrogen-bond donors (Lipinski definition) is 3. The molecule has 11 heteroatoms. The first-order chi connectivity index (χ1) is 14.3. The summed E-state index contributed by atoms with van der Waals surface area (Å²) in [6.07, 6.45) is 1.63. The molecule has 1 aliphatic rings. The largest absolute Gasteiger partial charge is 0.491 e.